The third-order valence-corrected chi connectivity index (χ3v) is 3.63. The third kappa shape index (κ3) is 4.58. The molecule has 1 unspecified atom stereocenters. The molecule has 1 aliphatic rings. The maximum Gasteiger partial charge on any atom is 0.304 e. The van der Waals surface area contributed by atoms with E-state index in [0.29, 0.717) is 6.42 Å². The number of hydrogen-bond acceptors (Lipinski definition) is 4. The Morgan fingerprint density at radius 2 is 2.25 bits per heavy atom. The highest BCUT2D eigenvalue weighted by Crippen LogP contribution is 2.04. The third-order valence-electron chi connectivity index (χ3n) is 2.20. The van der Waals surface area contributed by atoms with Gasteiger partial charge in [0.1, 0.15) is 0 Å². The summed E-state index contributed by atoms with van der Waals surface area (Å²) in [7, 11) is -3.58. The number of carboxylic acids is 1. The van der Waals surface area contributed by atoms with Gasteiger partial charge in [0.2, 0.25) is 15.9 Å². The lowest BCUT2D eigenvalue weighted by Crippen LogP contribution is -2.48. The number of aliphatic carboxylic acids is 1. The Morgan fingerprint density at radius 3 is 2.75 bits per heavy atom. The zero-order valence-electron chi connectivity index (χ0n) is 8.60. The van der Waals surface area contributed by atoms with Crippen molar-refractivity contribution in [1.82, 2.24) is 10.0 Å². The van der Waals surface area contributed by atoms with Crippen LogP contribution in [0.3, 0.4) is 0 Å². The minimum atomic E-state index is -3.58. The Kier molecular flexibility index (Phi) is 4.25. The Labute approximate surface area is 93.3 Å². The van der Waals surface area contributed by atoms with Crippen LogP contribution < -0.4 is 10.0 Å². The first-order chi connectivity index (χ1) is 7.39. The summed E-state index contributed by atoms with van der Waals surface area (Å²) >= 11 is 0. The predicted molar refractivity (Wildman–Crippen MR) is 55.2 cm³/mol. The number of amides is 1. The number of nitrogens with one attached hydrogen (secondary N) is 2. The Bertz CT molecular complexity index is 368. The SMILES string of the molecule is O=C(O)CCS(=O)(=O)NC1CCC(=O)NC1. The van der Waals surface area contributed by atoms with E-state index in [1.54, 1.807) is 0 Å². The van der Waals surface area contributed by atoms with Crippen molar-refractivity contribution >= 4 is 21.9 Å². The average Bonchev–Trinajstić information content (AvgIpc) is 2.19. The average molecular weight is 250 g/mol. The lowest BCUT2D eigenvalue weighted by atomic mass is 10.1. The van der Waals surface area contributed by atoms with E-state index in [2.05, 4.69) is 10.0 Å². The summed E-state index contributed by atoms with van der Waals surface area (Å²) in [5, 5.41) is 10.9. The molecule has 7 nitrogen and oxygen atoms in total. The van der Waals surface area contributed by atoms with Crippen molar-refractivity contribution in [3.05, 3.63) is 0 Å². The van der Waals surface area contributed by atoms with Gasteiger partial charge in [0.15, 0.2) is 0 Å². The summed E-state index contributed by atoms with van der Waals surface area (Å²) in [5.74, 6) is -1.68. The standard InChI is InChI=1S/C8H14N2O5S/c11-7-2-1-6(5-9-7)10-16(14,15)4-3-8(12)13/h6,10H,1-5H2,(H,9,11)(H,12,13). The molecule has 1 saturated heterocycles. The molecule has 1 fully saturated rings. The summed E-state index contributed by atoms with van der Waals surface area (Å²) in [6.07, 6.45) is 0.304. The Hall–Kier alpha value is -1.15. The number of piperidine rings is 1. The molecule has 0 aromatic heterocycles. The maximum absolute atomic E-state index is 11.4. The van der Waals surface area contributed by atoms with Crippen molar-refractivity contribution in [1.29, 1.82) is 0 Å². The lowest BCUT2D eigenvalue weighted by Gasteiger charge is -2.23. The number of hydrogen-bond donors (Lipinski definition) is 3. The first kappa shape index (κ1) is 12.9. The van der Waals surface area contributed by atoms with Crippen molar-refractivity contribution in [2.24, 2.45) is 0 Å². The van der Waals surface area contributed by atoms with Gasteiger partial charge in [-0.25, -0.2) is 13.1 Å². The molecule has 0 aromatic rings. The quantitative estimate of drug-likeness (QED) is 0.559. The molecule has 8 heteroatoms. The smallest absolute Gasteiger partial charge is 0.304 e. The van der Waals surface area contributed by atoms with Gasteiger partial charge in [-0.15, -0.1) is 0 Å². The highest BCUT2D eigenvalue weighted by molar-refractivity contribution is 7.89. The zero-order chi connectivity index (χ0) is 12.2. The Morgan fingerprint density at radius 1 is 1.56 bits per heavy atom. The van der Waals surface area contributed by atoms with E-state index in [0.717, 1.165) is 0 Å². The van der Waals surface area contributed by atoms with Crippen molar-refractivity contribution < 1.29 is 23.1 Å². The summed E-state index contributed by atoms with van der Waals surface area (Å²) in [4.78, 5) is 21.1. The topological polar surface area (TPSA) is 113 Å². The van der Waals surface area contributed by atoms with Gasteiger partial charge in [0.25, 0.3) is 0 Å². The largest absolute Gasteiger partial charge is 0.481 e. The van der Waals surface area contributed by atoms with Crippen LogP contribution >= 0.6 is 0 Å². The first-order valence-electron chi connectivity index (χ1n) is 4.87. The van der Waals surface area contributed by atoms with Crippen LogP contribution in [-0.2, 0) is 19.6 Å². The van der Waals surface area contributed by atoms with Gasteiger partial charge < -0.3 is 10.4 Å². The van der Waals surface area contributed by atoms with Gasteiger partial charge in [-0.1, -0.05) is 0 Å². The number of carbonyl (C=O) groups is 2. The molecule has 92 valence electrons. The van der Waals surface area contributed by atoms with Crippen molar-refractivity contribution in [2.45, 2.75) is 25.3 Å². The van der Waals surface area contributed by atoms with E-state index < -0.39 is 28.2 Å². The second-order valence-corrected chi connectivity index (χ2v) is 5.49. The van der Waals surface area contributed by atoms with E-state index in [4.69, 9.17) is 5.11 Å². The zero-order valence-corrected chi connectivity index (χ0v) is 9.42. The second-order valence-electron chi connectivity index (χ2n) is 3.62. The molecule has 1 amide bonds. The van der Waals surface area contributed by atoms with E-state index in [9.17, 15) is 18.0 Å². The van der Waals surface area contributed by atoms with E-state index in [1.807, 2.05) is 0 Å². The Balaban J connectivity index is 2.40. The van der Waals surface area contributed by atoms with Gasteiger partial charge in [-0.05, 0) is 6.42 Å². The highest BCUT2D eigenvalue weighted by Gasteiger charge is 2.23. The van der Waals surface area contributed by atoms with Crippen molar-refractivity contribution in [3.63, 3.8) is 0 Å². The summed E-state index contributed by atoms with van der Waals surface area (Å²) in [5.41, 5.74) is 0. The molecule has 0 aliphatic carbocycles. The molecule has 0 aromatic carbocycles. The van der Waals surface area contributed by atoms with Crippen LogP contribution in [0.1, 0.15) is 19.3 Å². The number of sulfonamides is 1. The van der Waals surface area contributed by atoms with Crippen LogP contribution in [0, 0.1) is 0 Å². The highest BCUT2D eigenvalue weighted by atomic mass is 32.2. The monoisotopic (exact) mass is 250 g/mol. The number of rotatable bonds is 5. The van der Waals surface area contributed by atoms with Gasteiger partial charge in [0.05, 0.1) is 12.2 Å². The van der Waals surface area contributed by atoms with E-state index in [-0.39, 0.29) is 24.9 Å². The molecule has 1 aliphatic heterocycles. The second kappa shape index (κ2) is 5.26. The minimum Gasteiger partial charge on any atom is -0.481 e. The van der Waals surface area contributed by atoms with Gasteiger partial charge in [-0.2, -0.15) is 0 Å². The van der Waals surface area contributed by atoms with E-state index >= 15 is 0 Å². The molecule has 3 N–H and O–H groups in total. The summed E-state index contributed by atoms with van der Waals surface area (Å²) in [6, 6.07) is -0.337. The molecule has 1 rings (SSSR count). The van der Waals surface area contributed by atoms with Crippen molar-refractivity contribution in [2.75, 3.05) is 12.3 Å². The minimum absolute atomic E-state index is 0.0963. The van der Waals surface area contributed by atoms with E-state index in [1.165, 1.54) is 0 Å². The van der Waals surface area contributed by atoms with Crippen LogP contribution in [0.5, 0.6) is 0 Å². The first-order valence-corrected chi connectivity index (χ1v) is 6.53. The van der Waals surface area contributed by atoms with Gasteiger partial charge >= 0.3 is 5.97 Å². The van der Waals surface area contributed by atoms with Crippen LogP contribution in [-0.4, -0.2) is 43.7 Å². The number of carbonyl (C=O) groups excluding carboxylic acids is 1. The fourth-order valence-corrected chi connectivity index (χ4v) is 2.64. The lowest BCUT2D eigenvalue weighted by molar-refractivity contribution is -0.136. The normalized spacial score (nSPS) is 21.5. The molecule has 0 bridgehead atoms. The van der Waals surface area contributed by atoms with Crippen LogP contribution in [0.25, 0.3) is 0 Å². The fourth-order valence-electron chi connectivity index (χ4n) is 1.37. The maximum atomic E-state index is 11.4. The van der Waals surface area contributed by atoms with Crippen LogP contribution in [0.4, 0.5) is 0 Å². The molecular weight excluding hydrogens is 236 g/mol. The molecule has 0 saturated carbocycles. The summed E-state index contributed by atoms with van der Waals surface area (Å²) in [6.45, 7) is 0.255. The molecule has 1 heterocycles. The van der Waals surface area contributed by atoms with Crippen LogP contribution in [0.2, 0.25) is 0 Å². The molecule has 16 heavy (non-hydrogen) atoms. The fraction of sp³-hybridized carbons (Fsp3) is 0.750. The molecule has 0 spiro atoms. The molecule has 0 radical (unpaired) electrons. The predicted octanol–water partition coefficient (Wildman–Crippen LogP) is -1.34. The van der Waals surface area contributed by atoms with Gasteiger partial charge in [-0.3, -0.25) is 9.59 Å². The molecular formula is C8H14N2O5S. The van der Waals surface area contributed by atoms with Crippen molar-refractivity contribution in [3.8, 4) is 0 Å². The summed E-state index contributed by atoms with van der Waals surface area (Å²) < 4.78 is 25.2. The number of carboxylic acid groups (broad SMARTS) is 1. The van der Waals surface area contributed by atoms with Gasteiger partial charge in [0, 0.05) is 19.0 Å². The van der Waals surface area contributed by atoms with Crippen LogP contribution in [0.15, 0.2) is 0 Å². The molecule has 1 atom stereocenters.